The average Bonchev–Trinajstić information content (AvgIpc) is 2.62. The number of hydrogen-bond donors (Lipinski definition) is 0. The van der Waals surface area contributed by atoms with E-state index >= 15 is 0 Å². The first-order valence-corrected chi connectivity index (χ1v) is 6.50. The van der Waals surface area contributed by atoms with Crippen LogP contribution in [0.15, 0.2) is 6.20 Å². The quantitative estimate of drug-likeness (QED) is 0.812. The van der Waals surface area contributed by atoms with Gasteiger partial charge in [0.2, 0.25) is 0 Å². The lowest BCUT2D eigenvalue weighted by molar-refractivity contribution is 0.131. The molecule has 0 aliphatic carbocycles. The Morgan fingerprint density at radius 1 is 1.50 bits per heavy atom. The molecular weight excluding hydrogens is 222 g/mol. The molecule has 0 spiro atoms. The van der Waals surface area contributed by atoms with Crippen molar-refractivity contribution in [3.8, 4) is 0 Å². The van der Waals surface area contributed by atoms with Crippen molar-refractivity contribution in [2.45, 2.75) is 45.2 Å². The molecule has 0 aromatic carbocycles. The van der Waals surface area contributed by atoms with Crippen LogP contribution in [0.2, 0.25) is 5.15 Å². The van der Waals surface area contributed by atoms with Crippen molar-refractivity contribution < 1.29 is 0 Å². The van der Waals surface area contributed by atoms with Gasteiger partial charge in [0.1, 0.15) is 11.0 Å². The van der Waals surface area contributed by atoms with Gasteiger partial charge in [-0.2, -0.15) is 0 Å². The van der Waals surface area contributed by atoms with Gasteiger partial charge in [-0.3, -0.25) is 4.90 Å². The molecule has 1 saturated heterocycles. The van der Waals surface area contributed by atoms with Crippen molar-refractivity contribution in [2.75, 3.05) is 6.54 Å². The predicted molar refractivity (Wildman–Crippen MR) is 66.6 cm³/mol. The highest BCUT2D eigenvalue weighted by atomic mass is 35.5. The smallest absolute Gasteiger partial charge is 0.128 e. The number of imidazole rings is 1. The molecule has 2 rings (SSSR count). The Hall–Kier alpha value is -0.540. The summed E-state index contributed by atoms with van der Waals surface area (Å²) in [6, 6.07) is 0.726. The molecule has 0 saturated carbocycles. The monoisotopic (exact) mass is 241 g/mol. The minimum absolute atomic E-state index is 0.722. The summed E-state index contributed by atoms with van der Waals surface area (Å²) < 4.78 is 1.98. The van der Waals surface area contributed by atoms with Gasteiger partial charge in [0.25, 0.3) is 0 Å². The third-order valence-electron chi connectivity index (χ3n) is 3.59. The Kier molecular flexibility index (Phi) is 3.87. The lowest BCUT2D eigenvalue weighted by Crippen LogP contribution is -2.39. The van der Waals surface area contributed by atoms with E-state index in [4.69, 9.17) is 11.6 Å². The second-order valence-corrected chi connectivity index (χ2v) is 4.97. The SMILES string of the molecule is CCC1CCCCN1Cc1ncc(Cl)n1C. The lowest BCUT2D eigenvalue weighted by atomic mass is 10.0. The molecule has 90 valence electrons. The Morgan fingerprint density at radius 3 is 2.94 bits per heavy atom. The largest absolute Gasteiger partial charge is 0.321 e. The maximum Gasteiger partial charge on any atom is 0.128 e. The molecule has 4 heteroatoms. The standard InChI is InChI=1S/C12H20ClN3/c1-3-10-6-4-5-7-16(10)9-12-14-8-11(13)15(12)2/h8,10H,3-7,9H2,1-2H3. The zero-order valence-electron chi connectivity index (χ0n) is 10.1. The molecule has 0 radical (unpaired) electrons. The molecule has 1 unspecified atom stereocenters. The van der Waals surface area contributed by atoms with E-state index in [2.05, 4.69) is 16.8 Å². The first-order valence-electron chi connectivity index (χ1n) is 6.12. The topological polar surface area (TPSA) is 21.1 Å². The van der Waals surface area contributed by atoms with E-state index in [0.717, 1.165) is 23.6 Å². The van der Waals surface area contributed by atoms with E-state index in [9.17, 15) is 0 Å². The number of nitrogens with zero attached hydrogens (tertiary/aromatic N) is 3. The zero-order valence-corrected chi connectivity index (χ0v) is 10.9. The van der Waals surface area contributed by atoms with E-state index in [0.29, 0.717) is 0 Å². The molecule has 3 nitrogen and oxygen atoms in total. The van der Waals surface area contributed by atoms with Crippen LogP contribution < -0.4 is 0 Å². The third kappa shape index (κ3) is 2.41. The van der Waals surface area contributed by atoms with Crippen LogP contribution in [-0.2, 0) is 13.6 Å². The first-order chi connectivity index (χ1) is 7.72. The van der Waals surface area contributed by atoms with E-state index in [-0.39, 0.29) is 0 Å². The maximum absolute atomic E-state index is 6.00. The van der Waals surface area contributed by atoms with Crippen molar-refractivity contribution in [3.05, 3.63) is 17.2 Å². The summed E-state index contributed by atoms with van der Waals surface area (Å²) in [5.41, 5.74) is 0. The maximum atomic E-state index is 6.00. The van der Waals surface area contributed by atoms with Gasteiger partial charge < -0.3 is 4.57 Å². The van der Waals surface area contributed by atoms with Crippen molar-refractivity contribution in [1.29, 1.82) is 0 Å². The molecule has 1 aromatic heterocycles. The summed E-state index contributed by atoms with van der Waals surface area (Å²) in [6.45, 7) is 4.40. The number of piperidine rings is 1. The van der Waals surface area contributed by atoms with Crippen LogP contribution in [-0.4, -0.2) is 27.0 Å². The van der Waals surface area contributed by atoms with Gasteiger partial charge in [-0.25, -0.2) is 4.98 Å². The fourth-order valence-electron chi connectivity index (χ4n) is 2.48. The molecule has 0 N–H and O–H groups in total. The van der Waals surface area contributed by atoms with Crippen molar-refractivity contribution in [2.24, 2.45) is 7.05 Å². The Balaban J connectivity index is 2.05. The van der Waals surface area contributed by atoms with Gasteiger partial charge in [0, 0.05) is 13.1 Å². The zero-order chi connectivity index (χ0) is 11.5. The fraction of sp³-hybridized carbons (Fsp3) is 0.750. The number of likely N-dealkylation sites (tertiary alicyclic amines) is 1. The highest BCUT2D eigenvalue weighted by molar-refractivity contribution is 6.29. The number of rotatable bonds is 3. The van der Waals surface area contributed by atoms with Gasteiger partial charge in [-0.15, -0.1) is 0 Å². The molecule has 0 bridgehead atoms. The number of hydrogen-bond acceptors (Lipinski definition) is 2. The van der Waals surface area contributed by atoms with Gasteiger partial charge in [0.05, 0.1) is 12.7 Å². The van der Waals surface area contributed by atoms with Gasteiger partial charge in [0.15, 0.2) is 0 Å². The van der Waals surface area contributed by atoms with Crippen LogP contribution in [0, 0.1) is 0 Å². The van der Waals surface area contributed by atoms with Crippen LogP contribution in [0.5, 0.6) is 0 Å². The highest BCUT2D eigenvalue weighted by Gasteiger charge is 2.22. The first kappa shape index (κ1) is 11.9. The van der Waals surface area contributed by atoms with Gasteiger partial charge in [-0.05, 0) is 25.8 Å². The summed E-state index contributed by atoms with van der Waals surface area (Å²) in [6.07, 6.45) is 6.99. The minimum Gasteiger partial charge on any atom is -0.321 e. The molecule has 1 atom stereocenters. The Morgan fingerprint density at radius 2 is 2.31 bits per heavy atom. The van der Waals surface area contributed by atoms with E-state index in [1.807, 2.05) is 11.6 Å². The molecule has 1 aliphatic heterocycles. The van der Waals surface area contributed by atoms with Crippen molar-refractivity contribution in [3.63, 3.8) is 0 Å². The third-order valence-corrected chi connectivity index (χ3v) is 3.94. The predicted octanol–water partition coefficient (Wildman–Crippen LogP) is 2.84. The molecule has 0 amide bonds. The molecule has 1 aliphatic rings. The van der Waals surface area contributed by atoms with E-state index < -0.39 is 0 Å². The Labute approximate surface area is 102 Å². The lowest BCUT2D eigenvalue weighted by Gasteiger charge is -2.34. The summed E-state index contributed by atoms with van der Waals surface area (Å²) in [5.74, 6) is 1.07. The van der Waals surface area contributed by atoms with Gasteiger partial charge >= 0.3 is 0 Å². The average molecular weight is 242 g/mol. The normalized spacial score (nSPS) is 22.6. The second-order valence-electron chi connectivity index (χ2n) is 4.58. The highest BCUT2D eigenvalue weighted by Crippen LogP contribution is 2.22. The van der Waals surface area contributed by atoms with Crippen molar-refractivity contribution >= 4 is 11.6 Å². The van der Waals surface area contributed by atoms with Gasteiger partial charge in [-0.1, -0.05) is 24.9 Å². The van der Waals surface area contributed by atoms with E-state index in [1.165, 1.54) is 32.2 Å². The van der Waals surface area contributed by atoms with Crippen molar-refractivity contribution in [1.82, 2.24) is 14.5 Å². The summed E-state index contributed by atoms with van der Waals surface area (Å²) in [7, 11) is 1.98. The number of aromatic nitrogens is 2. The Bertz CT molecular complexity index is 348. The summed E-state index contributed by atoms with van der Waals surface area (Å²) in [5, 5.41) is 0.722. The van der Waals surface area contributed by atoms with E-state index in [1.54, 1.807) is 6.20 Å². The molecule has 1 aromatic rings. The summed E-state index contributed by atoms with van der Waals surface area (Å²) >= 11 is 6.00. The molecule has 2 heterocycles. The van der Waals surface area contributed by atoms with Crippen LogP contribution in [0.4, 0.5) is 0 Å². The van der Waals surface area contributed by atoms with Crippen LogP contribution in [0.25, 0.3) is 0 Å². The molecular formula is C12H20ClN3. The molecule has 1 fully saturated rings. The van der Waals surface area contributed by atoms with Crippen LogP contribution >= 0.6 is 11.6 Å². The number of halogens is 1. The van der Waals surface area contributed by atoms with Crippen LogP contribution in [0.3, 0.4) is 0 Å². The second kappa shape index (κ2) is 5.19. The van der Waals surface area contributed by atoms with Crippen LogP contribution in [0.1, 0.15) is 38.4 Å². The molecule has 16 heavy (non-hydrogen) atoms. The minimum atomic E-state index is 0.722. The summed E-state index contributed by atoms with van der Waals surface area (Å²) in [4.78, 5) is 6.91. The fourth-order valence-corrected chi connectivity index (χ4v) is 2.63.